The SMILES string of the molecule is Nc1cccc(OCC(=O)NC(=O)c2ccc(Cl)cc2)c1. The summed E-state index contributed by atoms with van der Waals surface area (Å²) in [5, 5.41) is 2.74. The van der Waals surface area contributed by atoms with E-state index in [1.165, 1.54) is 12.1 Å². The smallest absolute Gasteiger partial charge is 0.264 e. The Bertz CT molecular complexity index is 656. The van der Waals surface area contributed by atoms with E-state index in [1.807, 2.05) is 0 Å². The van der Waals surface area contributed by atoms with Crippen molar-refractivity contribution in [2.24, 2.45) is 0 Å². The molecule has 0 saturated heterocycles. The van der Waals surface area contributed by atoms with Crippen molar-refractivity contribution in [1.82, 2.24) is 5.32 Å². The Morgan fingerprint density at radius 3 is 2.52 bits per heavy atom. The van der Waals surface area contributed by atoms with Crippen LogP contribution in [-0.2, 0) is 4.79 Å². The van der Waals surface area contributed by atoms with Crippen LogP contribution in [0.4, 0.5) is 5.69 Å². The highest BCUT2D eigenvalue weighted by Gasteiger charge is 2.10. The van der Waals surface area contributed by atoms with Gasteiger partial charge in [0.25, 0.3) is 11.8 Å². The summed E-state index contributed by atoms with van der Waals surface area (Å²) in [5.41, 5.74) is 6.47. The number of anilines is 1. The molecule has 0 heterocycles. The summed E-state index contributed by atoms with van der Waals surface area (Å²) in [6.45, 7) is -0.275. The van der Waals surface area contributed by atoms with E-state index < -0.39 is 11.8 Å². The largest absolute Gasteiger partial charge is 0.484 e. The minimum absolute atomic E-state index is 0.275. The van der Waals surface area contributed by atoms with Gasteiger partial charge in [-0.15, -0.1) is 0 Å². The van der Waals surface area contributed by atoms with Crippen LogP contribution in [0.15, 0.2) is 48.5 Å². The first kappa shape index (κ1) is 14.9. The molecule has 2 rings (SSSR count). The second-order valence-electron chi connectivity index (χ2n) is 4.25. The first-order valence-electron chi connectivity index (χ1n) is 6.12. The molecule has 21 heavy (non-hydrogen) atoms. The van der Waals surface area contributed by atoms with Crippen molar-refractivity contribution in [3.8, 4) is 5.75 Å². The minimum atomic E-state index is -0.544. The van der Waals surface area contributed by atoms with E-state index in [-0.39, 0.29) is 6.61 Å². The fourth-order valence-electron chi connectivity index (χ4n) is 1.59. The molecule has 0 atom stereocenters. The molecule has 5 nitrogen and oxygen atoms in total. The van der Waals surface area contributed by atoms with Crippen LogP contribution in [0, 0.1) is 0 Å². The second-order valence-corrected chi connectivity index (χ2v) is 4.68. The van der Waals surface area contributed by atoms with Crippen LogP contribution in [0.25, 0.3) is 0 Å². The van der Waals surface area contributed by atoms with Gasteiger partial charge in [0.1, 0.15) is 5.75 Å². The molecule has 0 aromatic heterocycles. The topological polar surface area (TPSA) is 81.4 Å². The fourth-order valence-corrected chi connectivity index (χ4v) is 1.72. The van der Waals surface area contributed by atoms with E-state index in [9.17, 15) is 9.59 Å². The second kappa shape index (κ2) is 6.76. The monoisotopic (exact) mass is 304 g/mol. The Kier molecular flexibility index (Phi) is 4.79. The van der Waals surface area contributed by atoms with Crippen LogP contribution in [-0.4, -0.2) is 18.4 Å². The van der Waals surface area contributed by atoms with Crippen molar-refractivity contribution in [1.29, 1.82) is 0 Å². The standard InChI is InChI=1S/C15H13ClN2O3/c16-11-6-4-10(5-7-11)15(20)18-14(19)9-21-13-3-1-2-12(17)8-13/h1-8H,9,17H2,(H,18,19,20). The van der Waals surface area contributed by atoms with E-state index in [0.29, 0.717) is 22.0 Å². The number of benzene rings is 2. The molecule has 6 heteroatoms. The van der Waals surface area contributed by atoms with Gasteiger partial charge in [0.05, 0.1) is 0 Å². The van der Waals surface area contributed by atoms with Crippen molar-refractivity contribution in [2.45, 2.75) is 0 Å². The summed E-state index contributed by atoms with van der Waals surface area (Å²) in [4.78, 5) is 23.4. The summed E-state index contributed by atoms with van der Waals surface area (Å²) in [7, 11) is 0. The van der Waals surface area contributed by atoms with Crippen LogP contribution in [0.1, 0.15) is 10.4 Å². The number of ether oxygens (including phenoxy) is 1. The number of nitrogens with two attached hydrogens (primary N) is 1. The molecule has 0 spiro atoms. The molecule has 0 aliphatic carbocycles. The molecule has 0 aliphatic rings. The van der Waals surface area contributed by atoms with Crippen LogP contribution in [0.2, 0.25) is 5.02 Å². The van der Waals surface area contributed by atoms with Gasteiger partial charge in [-0.05, 0) is 36.4 Å². The van der Waals surface area contributed by atoms with E-state index >= 15 is 0 Å². The van der Waals surface area contributed by atoms with Gasteiger partial charge in [0, 0.05) is 22.3 Å². The minimum Gasteiger partial charge on any atom is -0.484 e. The van der Waals surface area contributed by atoms with Gasteiger partial charge in [-0.3, -0.25) is 14.9 Å². The van der Waals surface area contributed by atoms with Crippen molar-refractivity contribution in [2.75, 3.05) is 12.3 Å². The number of imide groups is 1. The van der Waals surface area contributed by atoms with E-state index in [4.69, 9.17) is 22.1 Å². The van der Waals surface area contributed by atoms with Gasteiger partial charge in [0.15, 0.2) is 6.61 Å². The van der Waals surface area contributed by atoms with Crippen molar-refractivity contribution in [3.63, 3.8) is 0 Å². The summed E-state index contributed by atoms with van der Waals surface area (Å²) in [6.07, 6.45) is 0. The zero-order chi connectivity index (χ0) is 15.2. The molecule has 0 bridgehead atoms. The Morgan fingerprint density at radius 2 is 1.86 bits per heavy atom. The van der Waals surface area contributed by atoms with E-state index in [0.717, 1.165) is 0 Å². The number of hydrogen-bond donors (Lipinski definition) is 2. The van der Waals surface area contributed by atoms with Crippen molar-refractivity contribution >= 4 is 29.1 Å². The van der Waals surface area contributed by atoms with Crippen LogP contribution in [0.3, 0.4) is 0 Å². The number of nitrogens with one attached hydrogen (secondary N) is 1. The Labute approximate surface area is 126 Å². The van der Waals surface area contributed by atoms with Crippen LogP contribution < -0.4 is 15.8 Å². The van der Waals surface area contributed by atoms with Crippen molar-refractivity contribution in [3.05, 3.63) is 59.1 Å². The third-order valence-corrected chi connectivity index (χ3v) is 2.84. The molecule has 2 aromatic carbocycles. The quantitative estimate of drug-likeness (QED) is 0.849. The summed E-state index contributed by atoms with van der Waals surface area (Å²) < 4.78 is 5.24. The fraction of sp³-hybridized carbons (Fsp3) is 0.0667. The number of carbonyl (C=O) groups excluding carboxylic acids is 2. The van der Waals surface area contributed by atoms with E-state index in [1.54, 1.807) is 36.4 Å². The highest BCUT2D eigenvalue weighted by atomic mass is 35.5. The van der Waals surface area contributed by atoms with Gasteiger partial charge in [-0.1, -0.05) is 17.7 Å². The number of carbonyl (C=O) groups is 2. The lowest BCUT2D eigenvalue weighted by molar-refractivity contribution is -0.122. The number of rotatable bonds is 4. The summed E-state index contributed by atoms with van der Waals surface area (Å²) >= 11 is 5.72. The number of halogens is 1. The number of hydrogen-bond acceptors (Lipinski definition) is 4. The Hall–Kier alpha value is -2.53. The number of nitrogen functional groups attached to an aromatic ring is 1. The zero-order valence-electron chi connectivity index (χ0n) is 11.0. The average Bonchev–Trinajstić information content (AvgIpc) is 2.46. The molecule has 2 aromatic rings. The molecule has 0 unspecified atom stereocenters. The maximum atomic E-state index is 11.8. The lowest BCUT2D eigenvalue weighted by atomic mass is 10.2. The normalized spacial score (nSPS) is 9.95. The molecule has 0 saturated carbocycles. The maximum absolute atomic E-state index is 11.8. The first-order chi connectivity index (χ1) is 10.0. The van der Waals surface area contributed by atoms with Crippen molar-refractivity contribution < 1.29 is 14.3 Å². The highest BCUT2D eigenvalue weighted by Crippen LogP contribution is 2.14. The highest BCUT2D eigenvalue weighted by molar-refractivity contribution is 6.30. The molecule has 0 radical (unpaired) electrons. The van der Waals surface area contributed by atoms with Crippen LogP contribution >= 0.6 is 11.6 Å². The molecular formula is C15H13ClN2O3. The van der Waals surface area contributed by atoms with Crippen LogP contribution in [0.5, 0.6) is 5.75 Å². The predicted molar refractivity (Wildman–Crippen MR) is 80.3 cm³/mol. The molecular weight excluding hydrogens is 292 g/mol. The number of amides is 2. The van der Waals surface area contributed by atoms with Gasteiger partial charge < -0.3 is 10.5 Å². The Morgan fingerprint density at radius 1 is 1.14 bits per heavy atom. The van der Waals surface area contributed by atoms with Gasteiger partial charge in [-0.25, -0.2) is 0 Å². The molecule has 0 aliphatic heterocycles. The third kappa shape index (κ3) is 4.50. The molecule has 2 amide bonds. The lowest BCUT2D eigenvalue weighted by Crippen LogP contribution is -2.34. The maximum Gasteiger partial charge on any atom is 0.264 e. The average molecular weight is 305 g/mol. The lowest BCUT2D eigenvalue weighted by Gasteiger charge is -2.07. The zero-order valence-corrected chi connectivity index (χ0v) is 11.8. The summed E-state index contributed by atoms with van der Waals surface area (Å²) in [6, 6.07) is 12.9. The Balaban J connectivity index is 1.87. The first-order valence-corrected chi connectivity index (χ1v) is 6.50. The molecule has 0 fully saturated rings. The van der Waals surface area contributed by atoms with Gasteiger partial charge >= 0.3 is 0 Å². The summed E-state index contributed by atoms with van der Waals surface area (Å²) in [5.74, 6) is -0.589. The molecule has 3 N–H and O–H groups in total. The van der Waals surface area contributed by atoms with Gasteiger partial charge in [0.2, 0.25) is 0 Å². The van der Waals surface area contributed by atoms with E-state index in [2.05, 4.69) is 5.32 Å². The van der Waals surface area contributed by atoms with Gasteiger partial charge in [-0.2, -0.15) is 0 Å². The molecule has 108 valence electrons. The predicted octanol–water partition coefficient (Wildman–Crippen LogP) is 2.26. The third-order valence-electron chi connectivity index (χ3n) is 2.59.